The molecule has 8 heteroatoms. The number of ether oxygens (including phenoxy) is 2. The fourth-order valence-corrected chi connectivity index (χ4v) is 4.88. The zero-order valence-electron chi connectivity index (χ0n) is 22.9. The number of amides is 2. The molecular weight excluding hydrogens is 504 g/mol. The van der Waals surface area contributed by atoms with Gasteiger partial charge in [-0.1, -0.05) is 54.6 Å². The van der Waals surface area contributed by atoms with Gasteiger partial charge in [0, 0.05) is 36.5 Å². The van der Waals surface area contributed by atoms with Crippen LogP contribution in [-0.2, 0) is 9.53 Å². The maximum Gasteiger partial charge on any atom is 0.254 e. The van der Waals surface area contributed by atoms with E-state index < -0.39 is 0 Å². The number of benzene rings is 3. The first kappa shape index (κ1) is 27.1. The molecule has 1 aliphatic heterocycles. The normalized spacial score (nSPS) is 14.6. The third-order valence-electron chi connectivity index (χ3n) is 6.88. The van der Waals surface area contributed by atoms with Crippen LogP contribution in [0.4, 0.5) is 5.95 Å². The molecule has 206 valence electrons. The minimum absolute atomic E-state index is 0.0891. The van der Waals surface area contributed by atoms with Gasteiger partial charge in [0.2, 0.25) is 11.9 Å². The molecule has 1 saturated heterocycles. The van der Waals surface area contributed by atoms with E-state index in [2.05, 4.69) is 5.32 Å². The molecule has 1 unspecified atom stereocenters. The Bertz CT molecular complexity index is 1460. The number of anilines is 1. The molecule has 1 aliphatic rings. The Morgan fingerprint density at radius 3 is 2.62 bits per heavy atom. The summed E-state index contributed by atoms with van der Waals surface area (Å²) in [6, 6.07) is 24.8. The molecular formula is C32H34N4O4. The van der Waals surface area contributed by atoms with Gasteiger partial charge in [-0.3, -0.25) is 19.5 Å². The zero-order chi connectivity index (χ0) is 27.9. The summed E-state index contributed by atoms with van der Waals surface area (Å²) in [5, 5.41) is 2.96. The fraction of sp³-hybridized carbons (Fsp3) is 0.281. The van der Waals surface area contributed by atoms with Gasteiger partial charge in [-0.05, 0) is 50.5 Å². The average molecular weight is 539 g/mol. The van der Waals surface area contributed by atoms with Crippen LogP contribution in [0.1, 0.15) is 35.7 Å². The van der Waals surface area contributed by atoms with Crippen molar-refractivity contribution in [2.24, 2.45) is 0 Å². The lowest BCUT2D eigenvalue weighted by Crippen LogP contribution is -2.42. The molecule has 4 aromatic rings. The van der Waals surface area contributed by atoms with Crippen molar-refractivity contribution in [1.82, 2.24) is 14.5 Å². The SMILES string of the molecule is CCOc1cccc(-n2cc(-c3ccccc3)nc2NC(=O)CN(CC2CCCO2)C(=O)c2ccccc2C)c1. The van der Waals surface area contributed by atoms with Gasteiger partial charge in [0.15, 0.2) is 0 Å². The first-order valence-electron chi connectivity index (χ1n) is 13.7. The molecule has 3 aromatic carbocycles. The molecule has 0 aliphatic carbocycles. The lowest BCUT2D eigenvalue weighted by Gasteiger charge is -2.25. The molecule has 0 radical (unpaired) electrons. The number of carbonyl (C=O) groups is 2. The molecule has 2 amide bonds. The highest BCUT2D eigenvalue weighted by molar-refractivity contribution is 6.00. The predicted molar refractivity (Wildman–Crippen MR) is 155 cm³/mol. The summed E-state index contributed by atoms with van der Waals surface area (Å²) in [5.74, 6) is 0.547. The number of nitrogens with one attached hydrogen (secondary N) is 1. The van der Waals surface area contributed by atoms with Crippen LogP contribution in [0.5, 0.6) is 5.75 Å². The fourth-order valence-electron chi connectivity index (χ4n) is 4.88. The number of carbonyl (C=O) groups excluding carboxylic acids is 2. The first-order chi connectivity index (χ1) is 19.5. The molecule has 1 aromatic heterocycles. The van der Waals surface area contributed by atoms with Gasteiger partial charge in [-0.2, -0.15) is 0 Å². The van der Waals surface area contributed by atoms with E-state index in [0.717, 1.165) is 35.4 Å². The van der Waals surface area contributed by atoms with Crippen LogP contribution >= 0.6 is 0 Å². The summed E-state index contributed by atoms with van der Waals surface area (Å²) < 4.78 is 13.3. The van der Waals surface area contributed by atoms with Crippen molar-refractivity contribution in [3.8, 4) is 22.7 Å². The van der Waals surface area contributed by atoms with Crippen molar-refractivity contribution >= 4 is 17.8 Å². The number of aryl methyl sites for hydroxylation is 1. The monoisotopic (exact) mass is 538 g/mol. The van der Waals surface area contributed by atoms with Gasteiger partial charge < -0.3 is 14.4 Å². The van der Waals surface area contributed by atoms with Gasteiger partial charge in [0.1, 0.15) is 12.3 Å². The highest BCUT2D eigenvalue weighted by Gasteiger charge is 2.26. The second kappa shape index (κ2) is 12.6. The lowest BCUT2D eigenvalue weighted by molar-refractivity contribution is -0.117. The number of aromatic nitrogens is 2. The Hall–Kier alpha value is -4.43. The minimum Gasteiger partial charge on any atom is -0.494 e. The quantitative estimate of drug-likeness (QED) is 0.288. The maximum atomic E-state index is 13.6. The third kappa shape index (κ3) is 6.40. The maximum absolute atomic E-state index is 13.6. The highest BCUT2D eigenvalue weighted by atomic mass is 16.5. The number of rotatable bonds is 10. The van der Waals surface area contributed by atoms with Crippen molar-refractivity contribution in [2.75, 3.05) is 31.6 Å². The molecule has 40 heavy (non-hydrogen) atoms. The predicted octanol–water partition coefficient (Wildman–Crippen LogP) is 5.51. The Labute approximate surface area is 234 Å². The molecule has 8 nitrogen and oxygen atoms in total. The van der Waals surface area contributed by atoms with Gasteiger partial charge in [0.05, 0.1) is 24.1 Å². The Kier molecular flexibility index (Phi) is 8.56. The Balaban J connectivity index is 1.43. The van der Waals surface area contributed by atoms with E-state index in [1.807, 2.05) is 97.4 Å². The van der Waals surface area contributed by atoms with Crippen LogP contribution < -0.4 is 10.1 Å². The molecule has 0 spiro atoms. The van der Waals surface area contributed by atoms with E-state index in [1.54, 1.807) is 11.0 Å². The second-order valence-corrected chi connectivity index (χ2v) is 9.80. The number of imidazole rings is 1. The van der Waals surface area contributed by atoms with E-state index in [0.29, 0.717) is 37.0 Å². The van der Waals surface area contributed by atoms with Crippen molar-refractivity contribution in [3.63, 3.8) is 0 Å². The number of nitrogens with zero attached hydrogens (tertiary/aromatic N) is 3. The number of hydrogen-bond donors (Lipinski definition) is 1. The summed E-state index contributed by atoms with van der Waals surface area (Å²) in [4.78, 5) is 33.4. The smallest absolute Gasteiger partial charge is 0.254 e. The largest absolute Gasteiger partial charge is 0.494 e. The molecule has 1 fully saturated rings. The molecule has 0 bridgehead atoms. The molecule has 5 rings (SSSR count). The summed E-state index contributed by atoms with van der Waals surface area (Å²) >= 11 is 0. The Morgan fingerprint density at radius 2 is 1.88 bits per heavy atom. The molecule has 1 atom stereocenters. The van der Waals surface area contributed by atoms with Crippen LogP contribution in [0.3, 0.4) is 0 Å². The first-order valence-corrected chi connectivity index (χ1v) is 13.7. The number of hydrogen-bond acceptors (Lipinski definition) is 5. The van der Waals surface area contributed by atoms with Gasteiger partial charge in [-0.25, -0.2) is 4.98 Å². The summed E-state index contributed by atoms with van der Waals surface area (Å²) in [6.07, 6.45) is 3.61. The summed E-state index contributed by atoms with van der Waals surface area (Å²) in [5.41, 5.74) is 3.87. The molecule has 2 heterocycles. The zero-order valence-corrected chi connectivity index (χ0v) is 22.9. The average Bonchev–Trinajstić information content (AvgIpc) is 3.64. The lowest BCUT2D eigenvalue weighted by atomic mass is 10.1. The standard InChI is InChI=1S/C32H34N4O4/c1-3-39-26-15-9-14-25(19-26)36-21-29(24-12-5-4-6-13-24)33-32(36)34-30(37)22-35(20-27-16-10-18-40-27)31(38)28-17-8-7-11-23(28)2/h4-9,11-15,17,19,21,27H,3,10,16,18,20,22H2,1-2H3,(H,33,34,37). The van der Waals surface area contributed by atoms with E-state index >= 15 is 0 Å². The van der Waals surface area contributed by atoms with E-state index in [9.17, 15) is 9.59 Å². The summed E-state index contributed by atoms with van der Waals surface area (Å²) in [7, 11) is 0. The van der Waals surface area contributed by atoms with Crippen molar-refractivity contribution in [3.05, 3.63) is 96.2 Å². The van der Waals surface area contributed by atoms with Crippen molar-refractivity contribution in [1.29, 1.82) is 0 Å². The van der Waals surface area contributed by atoms with Gasteiger partial charge in [0.25, 0.3) is 5.91 Å². The molecule has 1 N–H and O–H groups in total. The third-order valence-corrected chi connectivity index (χ3v) is 6.88. The van der Waals surface area contributed by atoms with E-state index in [-0.39, 0.29) is 24.5 Å². The van der Waals surface area contributed by atoms with Crippen LogP contribution in [0.25, 0.3) is 16.9 Å². The van der Waals surface area contributed by atoms with Crippen molar-refractivity contribution < 1.29 is 19.1 Å². The minimum atomic E-state index is -0.340. The van der Waals surface area contributed by atoms with E-state index in [4.69, 9.17) is 14.5 Å². The second-order valence-electron chi connectivity index (χ2n) is 9.80. The summed E-state index contributed by atoms with van der Waals surface area (Å²) in [6.45, 7) is 5.27. The van der Waals surface area contributed by atoms with Gasteiger partial charge >= 0.3 is 0 Å². The van der Waals surface area contributed by atoms with Crippen LogP contribution in [0.15, 0.2) is 85.1 Å². The molecule has 0 saturated carbocycles. The van der Waals surface area contributed by atoms with Crippen LogP contribution in [0, 0.1) is 6.92 Å². The van der Waals surface area contributed by atoms with Gasteiger partial charge in [-0.15, -0.1) is 0 Å². The van der Waals surface area contributed by atoms with Crippen LogP contribution in [-0.4, -0.2) is 58.7 Å². The van der Waals surface area contributed by atoms with Crippen molar-refractivity contribution in [2.45, 2.75) is 32.8 Å². The van der Waals surface area contributed by atoms with Crippen LogP contribution in [0.2, 0.25) is 0 Å². The topological polar surface area (TPSA) is 85.7 Å². The Morgan fingerprint density at radius 1 is 1.07 bits per heavy atom. The van der Waals surface area contributed by atoms with E-state index in [1.165, 1.54) is 0 Å². The highest BCUT2D eigenvalue weighted by Crippen LogP contribution is 2.26.